The summed E-state index contributed by atoms with van der Waals surface area (Å²) in [5.41, 5.74) is 2.68. The first-order chi connectivity index (χ1) is 14.4. The van der Waals surface area contributed by atoms with Crippen LogP contribution < -0.4 is 10.2 Å². The van der Waals surface area contributed by atoms with Crippen molar-refractivity contribution < 1.29 is 14.3 Å². The Morgan fingerprint density at radius 1 is 1.37 bits per heavy atom. The van der Waals surface area contributed by atoms with Crippen molar-refractivity contribution in [2.24, 2.45) is 0 Å². The summed E-state index contributed by atoms with van der Waals surface area (Å²) in [6.07, 6.45) is 1.97. The zero-order valence-corrected chi connectivity index (χ0v) is 17.7. The number of aromatic nitrogens is 2. The number of pyridine rings is 1. The van der Waals surface area contributed by atoms with Crippen molar-refractivity contribution in [3.05, 3.63) is 47.4 Å². The predicted octanol–water partition coefficient (Wildman–Crippen LogP) is 3.42. The van der Waals surface area contributed by atoms with Gasteiger partial charge in [-0.3, -0.25) is 5.32 Å². The second-order valence-corrected chi connectivity index (χ2v) is 8.56. The SMILES string of the molecule is Cc1ccc2nc(NC(=O)N3CCN(c4ncc(CCO)cc4F)C[C@@H]3C)sc2c1. The van der Waals surface area contributed by atoms with E-state index in [1.807, 2.05) is 30.9 Å². The van der Waals surface area contributed by atoms with Crippen molar-refractivity contribution >= 4 is 38.5 Å². The van der Waals surface area contributed by atoms with E-state index in [0.29, 0.717) is 36.8 Å². The number of piperazine rings is 1. The number of urea groups is 1. The molecule has 0 aliphatic carbocycles. The highest BCUT2D eigenvalue weighted by molar-refractivity contribution is 7.22. The zero-order valence-electron chi connectivity index (χ0n) is 16.9. The minimum absolute atomic E-state index is 0.0421. The summed E-state index contributed by atoms with van der Waals surface area (Å²) in [6, 6.07) is 7.09. The van der Waals surface area contributed by atoms with Gasteiger partial charge in [-0.15, -0.1) is 0 Å². The molecule has 2 aromatic heterocycles. The van der Waals surface area contributed by atoms with Gasteiger partial charge in [0.15, 0.2) is 16.8 Å². The number of carbonyl (C=O) groups is 1. The Bertz CT molecular complexity index is 1070. The van der Waals surface area contributed by atoms with E-state index in [0.717, 1.165) is 15.8 Å². The molecule has 1 saturated heterocycles. The van der Waals surface area contributed by atoms with E-state index >= 15 is 0 Å². The molecule has 1 aromatic carbocycles. The fourth-order valence-corrected chi connectivity index (χ4v) is 4.62. The summed E-state index contributed by atoms with van der Waals surface area (Å²) in [6.45, 7) is 5.34. The van der Waals surface area contributed by atoms with Gasteiger partial charge in [0.05, 0.1) is 10.2 Å². The molecule has 0 unspecified atom stereocenters. The molecule has 2 N–H and O–H groups in total. The number of thiazole rings is 1. The van der Waals surface area contributed by atoms with E-state index in [-0.39, 0.29) is 24.5 Å². The molecular weight excluding hydrogens is 405 g/mol. The van der Waals surface area contributed by atoms with Crippen LogP contribution in [0.25, 0.3) is 10.2 Å². The van der Waals surface area contributed by atoms with E-state index in [1.165, 1.54) is 17.4 Å². The maximum atomic E-state index is 14.5. The fourth-order valence-electron chi connectivity index (χ4n) is 3.67. The van der Waals surface area contributed by atoms with Crippen LogP contribution in [0, 0.1) is 12.7 Å². The number of hydrogen-bond donors (Lipinski definition) is 2. The molecule has 0 spiro atoms. The smallest absolute Gasteiger partial charge is 0.324 e. The summed E-state index contributed by atoms with van der Waals surface area (Å²) in [7, 11) is 0. The number of amides is 2. The second-order valence-electron chi connectivity index (χ2n) is 7.53. The van der Waals surface area contributed by atoms with Gasteiger partial charge in [0.1, 0.15) is 0 Å². The summed E-state index contributed by atoms with van der Waals surface area (Å²) < 4.78 is 15.5. The van der Waals surface area contributed by atoms with Gasteiger partial charge in [-0.1, -0.05) is 17.4 Å². The number of rotatable bonds is 4. The Labute approximate surface area is 178 Å². The number of aryl methyl sites for hydroxylation is 1. The third kappa shape index (κ3) is 4.22. The van der Waals surface area contributed by atoms with Crippen molar-refractivity contribution in [3.8, 4) is 0 Å². The van der Waals surface area contributed by atoms with Gasteiger partial charge in [0.25, 0.3) is 0 Å². The number of hydrogen-bond acceptors (Lipinski definition) is 6. The maximum Gasteiger partial charge on any atom is 0.324 e. The van der Waals surface area contributed by atoms with E-state index in [2.05, 4.69) is 21.4 Å². The summed E-state index contributed by atoms with van der Waals surface area (Å²) in [4.78, 5) is 25.1. The van der Waals surface area contributed by atoms with Crippen LogP contribution in [0.5, 0.6) is 0 Å². The molecule has 0 radical (unpaired) electrons. The quantitative estimate of drug-likeness (QED) is 0.664. The van der Waals surface area contributed by atoms with Gasteiger partial charge in [0, 0.05) is 38.5 Å². The van der Waals surface area contributed by atoms with Gasteiger partial charge in [-0.2, -0.15) is 0 Å². The van der Waals surface area contributed by atoms with Crippen molar-refractivity contribution in [3.63, 3.8) is 0 Å². The average molecular weight is 430 g/mol. The molecule has 2 amide bonds. The number of fused-ring (bicyclic) bond motifs is 1. The fraction of sp³-hybridized carbons (Fsp3) is 0.381. The second kappa shape index (κ2) is 8.53. The molecular formula is C21H24FN5O2S. The van der Waals surface area contributed by atoms with Crippen molar-refractivity contribution in [1.82, 2.24) is 14.9 Å². The molecule has 3 aromatic rings. The Morgan fingerprint density at radius 3 is 2.93 bits per heavy atom. The molecule has 30 heavy (non-hydrogen) atoms. The lowest BCUT2D eigenvalue weighted by atomic mass is 10.1. The topological polar surface area (TPSA) is 81.6 Å². The first kappa shape index (κ1) is 20.5. The number of aliphatic hydroxyl groups excluding tert-OH is 1. The number of carbonyl (C=O) groups excluding carboxylic acids is 1. The number of nitrogens with zero attached hydrogens (tertiary/aromatic N) is 4. The van der Waals surface area contributed by atoms with E-state index < -0.39 is 5.82 Å². The van der Waals surface area contributed by atoms with Crippen LogP contribution in [0.2, 0.25) is 0 Å². The Hall–Kier alpha value is -2.78. The lowest BCUT2D eigenvalue weighted by molar-refractivity contribution is 0.184. The van der Waals surface area contributed by atoms with Crippen LogP contribution in [0.4, 0.5) is 20.1 Å². The van der Waals surface area contributed by atoms with E-state index in [9.17, 15) is 9.18 Å². The van der Waals surface area contributed by atoms with Crippen LogP contribution in [0.1, 0.15) is 18.1 Å². The van der Waals surface area contributed by atoms with Crippen molar-refractivity contribution in [1.29, 1.82) is 0 Å². The first-order valence-electron chi connectivity index (χ1n) is 9.89. The standard InChI is InChI=1S/C21H24FN5O2S/c1-13-3-4-17-18(9-13)30-20(24-17)25-21(29)27-7-6-26(12-14(27)2)19-16(22)10-15(5-8-28)11-23-19/h3-4,9-11,14,28H,5-8,12H2,1-2H3,(H,24,25,29)/t14-/m0/s1. The maximum absolute atomic E-state index is 14.5. The van der Waals surface area contributed by atoms with Crippen LogP contribution >= 0.6 is 11.3 Å². The van der Waals surface area contributed by atoms with Gasteiger partial charge in [0.2, 0.25) is 0 Å². The summed E-state index contributed by atoms with van der Waals surface area (Å²) >= 11 is 1.45. The molecule has 158 valence electrons. The zero-order chi connectivity index (χ0) is 21.3. The first-order valence-corrected chi connectivity index (χ1v) is 10.7. The molecule has 9 heteroatoms. The van der Waals surface area contributed by atoms with E-state index in [1.54, 1.807) is 11.1 Å². The summed E-state index contributed by atoms with van der Waals surface area (Å²) in [5.74, 6) is -0.124. The number of nitrogens with one attached hydrogen (secondary N) is 1. The minimum Gasteiger partial charge on any atom is -0.396 e. The number of halogens is 1. The highest BCUT2D eigenvalue weighted by atomic mass is 32.1. The molecule has 1 aliphatic rings. The highest BCUT2D eigenvalue weighted by Gasteiger charge is 2.29. The van der Waals surface area contributed by atoms with Crippen LogP contribution in [-0.2, 0) is 6.42 Å². The lowest BCUT2D eigenvalue weighted by Crippen LogP contribution is -2.55. The van der Waals surface area contributed by atoms with Crippen LogP contribution in [0.15, 0.2) is 30.5 Å². The average Bonchev–Trinajstić information content (AvgIpc) is 3.09. The normalized spacial score (nSPS) is 16.9. The molecule has 1 atom stereocenters. The van der Waals surface area contributed by atoms with Gasteiger partial charge in [-0.05, 0) is 49.6 Å². The minimum atomic E-state index is -0.407. The monoisotopic (exact) mass is 429 g/mol. The van der Waals surface area contributed by atoms with Crippen LogP contribution in [0.3, 0.4) is 0 Å². The molecule has 4 rings (SSSR count). The molecule has 1 aliphatic heterocycles. The number of aliphatic hydroxyl groups is 1. The summed E-state index contributed by atoms with van der Waals surface area (Å²) in [5, 5.41) is 12.5. The molecule has 1 fully saturated rings. The van der Waals surface area contributed by atoms with E-state index in [4.69, 9.17) is 5.11 Å². The largest absolute Gasteiger partial charge is 0.396 e. The molecule has 7 nitrogen and oxygen atoms in total. The Morgan fingerprint density at radius 2 is 2.20 bits per heavy atom. The van der Waals surface area contributed by atoms with Gasteiger partial charge < -0.3 is 14.9 Å². The Balaban J connectivity index is 1.41. The highest BCUT2D eigenvalue weighted by Crippen LogP contribution is 2.27. The third-order valence-corrected chi connectivity index (χ3v) is 6.16. The third-order valence-electron chi connectivity index (χ3n) is 5.22. The van der Waals surface area contributed by atoms with Gasteiger partial charge in [-0.25, -0.2) is 19.2 Å². The van der Waals surface area contributed by atoms with Crippen LogP contribution in [-0.4, -0.2) is 58.3 Å². The van der Waals surface area contributed by atoms with Crippen molar-refractivity contribution in [2.45, 2.75) is 26.3 Å². The Kier molecular flexibility index (Phi) is 5.83. The van der Waals surface area contributed by atoms with Gasteiger partial charge >= 0.3 is 6.03 Å². The predicted molar refractivity (Wildman–Crippen MR) is 117 cm³/mol. The molecule has 0 bridgehead atoms. The van der Waals surface area contributed by atoms with Crippen molar-refractivity contribution in [2.75, 3.05) is 36.5 Å². The number of anilines is 2. The molecule has 3 heterocycles. The lowest BCUT2D eigenvalue weighted by Gasteiger charge is -2.40. The number of benzene rings is 1. The molecule has 0 saturated carbocycles.